The number of benzene rings is 4. The lowest BCUT2D eigenvalue weighted by atomic mass is 9.94. The zero-order valence-electron chi connectivity index (χ0n) is 38.1. The number of amides is 4. The average molecular weight is 885 g/mol. The molecule has 0 aromatic heterocycles. The van der Waals surface area contributed by atoms with E-state index < -0.39 is 55.8 Å². The van der Waals surface area contributed by atoms with E-state index in [0.29, 0.717) is 38.2 Å². The van der Waals surface area contributed by atoms with E-state index in [1.54, 1.807) is 24.8 Å². The molecule has 0 bridgehead atoms. The van der Waals surface area contributed by atoms with Crippen LogP contribution in [-0.2, 0) is 41.4 Å². The van der Waals surface area contributed by atoms with Crippen LogP contribution < -0.4 is 31.1 Å². The standard InChI is InChI=1S/C52H64N4O7Si/c1-7-52(6)50(61)54-44(35-38-30-32-40(33-31-38)62-36-39-21-12-8-13-22-39)49(60)56-34-20-28-45(56)48(59)53-43(47(58)55-52)27-18-11-19-29-46(57)37(2)63-64(51(3,4)5,41-23-14-9-15-24-41)42-25-16-10-17-26-42/h8-17,19,21-26,30-33,37,43-45H,7,18,20,27-29,34-36H2,1-6H3,(H,53,59)(H,54,61)(H,55,58)/t37-,43+,44+,45-,52+/m1/s1. The first kappa shape index (κ1) is 47.6. The highest BCUT2D eigenvalue weighted by Crippen LogP contribution is 2.37. The Bertz CT molecular complexity index is 2210. The number of carbonyl (C=O) groups excluding carboxylic acids is 5. The van der Waals surface area contributed by atoms with Crippen molar-refractivity contribution in [1.82, 2.24) is 20.9 Å². The van der Waals surface area contributed by atoms with Gasteiger partial charge in [-0.2, -0.15) is 0 Å². The summed E-state index contributed by atoms with van der Waals surface area (Å²) in [5.74, 6) is -1.15. The first-order chi connectivity index (χ1) is 30.6. The van der Waals surface area contributed by atoms with Gasteiger partial charge in [0, 0.05) is 19.4 Å². The Kier molecular flexibility index (Phi) is 15.8. The lowest BCUT2D eigenvalue weighted by Crippen LogP contribution is -2.68. The molecule has 64 heavy (non-hydrogen) atoms. The van der Waals surface area contributed by atoms with Gasteiger partial charge < -0.3 is 30.0 Å². The zero-order valence-corrected chi connectivity index (χ0v) is 39.1. The highest BCUT2D eigenvalue weighted by Gasteiger charge is 2.51. The Morgan fingerprint density at radius 2 is 1.42 bits per heavy atom. The largest absolute Gasteiger partial charge is 0.489 e. The van der Waals surface area contributed by atoms with Crippen LogP contribution in [-0.4, -0.2) is 78.9 Å². The molecule has 2 fully saturated rings. The number of nitrogens with one attached hydrogen (secondary N) is 3. The van der Waals surface area contributed by atoms with Gasteiger partial charge in [0.2, 0.25) is 23.6 Å². The molecule has 2 saturated heterocycles. The molecule has 0 saturated carbocycles. The van der Waals surface area contributed by atoms with E-state index in [1.807, 2.05) is 104 Å². The van der Waals surface area contributed by atoms with Gasteiger partial charge in [-0.25, -0.2) is 0 Å². The van der Waals surface area contributed by atoms with Gasteiger partial charge in [-0.3, -0.25) is 24.0 Å². The first-order valence-corrected chi connectivity index (χ1v) is 24.5. The van der Waals surface area contributed by atoms with Gasteiger partial charge in [-0.05, 0) is 84.6 Å². The Labute approximate surface area is 379 Å². The monoisotopic (exact) mass is 884 g/mol. The third-order valence-corrected chi connectivity index (χ3v) is 17.7. The minimum atomic E-state index is -2.95. The summed E-state index contributed by atoms with van der Waals surface area (Å²) in [7, 11) is -2.95. The van der Waals surface area contributed by atoms with Crippen molar-refractivity contribution < 1.29 is 33.1 Å². The van der Waals surface area contributed by atoms with Gasteiger partial charge in [0.1, 0.15) is 42.1 Å². The summed E-state index contributed by atoms with van der Waals surface area (Å²) in [6, 6.07) is 34.9. The van der Waals surface area contributed by atoms with Crippen molar-refractivity contribution in [2.24, 2.45) is 0 Å². The number of hydrogen-bond acceptors (Lipinski definition) is 7. The van der Waals surface area contributed by atoms with E-state index in [-0.39, 0.29) is 42.4 Å². The van der Waals surface area contributed by atoms with Crippen molar-refractivity contribution in [1.29, 1.82) is 0 Å². The summed E-state index contributed by atoms with van der Waals surface area (Å²) in [6.45, 7) is 12.5. The maximum Gasteiger partial charge on any atom is 0.262 e. The predicted octanol–water partition coefficient (Wildman–Crippen LogP) is 6.33. The number of nitrogens with zero attached hydrogens (tertiary/aromatic N) is 1. The second-order valence-corrected chi connectivity index (χ2v) is 22.5. The molecule has 4 aromatic carbocycles. The summed E-state index contributed by atoms with van der Waals surface area (Å²) in [6.07, 6.45) is 5.12. The van der Waals surface area contributed by atoms with E-state index in [9.17, 15) is 24.0 Å². The fourth-order valence-electron chi connectivity index (χ4n) is 8.69. The fraction of sp³-hybridized carbons (Fsp3) is 0.404. The summed E-state index contributed by atoms with van der Waals surface area (Å²) in [5.41, 5.74) is 0.469. The van der Waals surface area contributed by atoms with Gasteiger partial charge in [-0.15, -0.1) is 0 Å². The van der Waals surface area contributed by atoms with Crippen LogP contribution >= 0.6 is 0 Å². The van der Waals surface area contributed by atoms with Crippen molar-refractivity contribution in [2.75, 3.05) is 6.54 Å². The number of allylic oxidation sites excluding steroid dienone is 2. The lowest BCUT2D eigenvalue weighted by molar-refractivity contribution is -0.144. The molecule has 12 heteroatoms. The van der Waals surface area contributed by atoms with Crippen LogP contribution in [0.3, 0.4) is 0 Å². The van der Waals surface area contributed by atoms with Gasteiger partial charge >= 0.3 is 0 Å². The molecular formula is C52H64N4O7Si. The first-order valence-electron chi connectivity index (χ1n) is 22.6. The molecule has 2 heterocycles. The van der Waals surface area contributed by atoms with Gasteiger partial charge in [0.25, 0.3) is 8.32 Å². The normalized spacial score (nSPS) is 21.5. The van der Waals surface area contributed by atoms with Crippen molar-refractivity contribution in [2.45, 2.75) is 128 Å². The van der Waals surface area contributed by atoms with E-state index >= 15 is 0 Å². The van der Waals surface area contributed by atoms with Gasteiger partial charge in [0.05, 0.1) is 0 Å². The van der Waals surface area contributed by atoms with E-state index in [4.69, 9.17) is 9.16 Å². The topological polar surface area (TPSA) is 143 Å². The Hall–Kier alpha value is -5.85. The molecule has 338 valence electrons. The highest BCUT2D eigenvalue weighted by atomic mass is 28.4. The van der Waals surface area contributed by atoms with Crippen molar-refractivity contribution in [3.63, 3.8) is 0 Å². The van der Waals surface area contributed by atoms with E-state index in [2.05, 4.69) is 61.0 Å². The second-order valence-electron chi connectivity index (χ2n) is 18.2. The molecule has 0 spiro atoms. The number of hydrogen-bond donors (Lipinski definition) is 3. The third kappa shape index (κ3) is 11.3. The zero-order chi connectivity index (χ0) is 45.9. The number of ketones is 1. The third-order valence-electron chi connectivity index (χ3n) is 12.6. The number of rotatable bonds is 16. The highest BCUT2D eigenvalue weighted by molar-refractivity contribution is 6.99. The molecule has 0 unspecified atom stereocenters. The number of fused-ring (bicyclic) bond motifs is 1. The van der Waals surface area contributed by atoms with E-state index in [1.165, 1.54) is 0 Å². The Morgan fingerprint density at radius 3 is 2.02 bits per heavy atom. The molecule has 3 N–H and O–H groups in total. The Morgan fingerprint density at radius 1 is 0.812 bits per heavy atom. The molecule has 4 aromatic rings. The molecule has 5 atom stereocenters. The average Bonchev–Trinajstić information content (AvgIpc) is 3.80. The predicted molar refractivity (Wildman–Crippen MR) is 253 cm³/mol. The Balaban J connectivity index is 1.12. The van der Waals surface area contributed by atoms with Crippen LogP contribution in [0.2, 0.25) is 5.04 Å². The van der Waals surface area contributed by atoms with Crippen LogP contribution in [0.1, 0.15) is 91.2 Å². The molecule has 4 amide bonds. The molecule has 6 rings (SSSR count). The number of Topliss-reactive ketones (excluding diaryl/α,β-unsaturated/α-hetero) is 1. The second kappa shape index (κ2) is 21.2. The molecule has 0 radical (unpaired) electrons. The van der Waals surface area contributed by atoms with Crippen molar-refractivity contribution >= 4 is 48.1 Å². The van der Waals surface area contributed by atoms with Crippen molar-refractivity contribution in [3.8, 4) is 5.75 Å². The van der Waals surface area contributed by atoms with Gasteiger partial charge in [-0.1, -0.05) is 143 Å². The molecule has 2 aliphatic heterocycles. The molecule has 0 aliphatic carbocycles. The molecular weight excluding hydrogens is 821 g/mol. The van der Waals surface area contributed by atoms with Gasteiger partial charge in [0.15, 0.2) is 5.78 Å². The van der Waals surface area contributed by atoms with Crippen LogP contribution in [0.25, 0.3) is 0 Å². The SMILES string of the molecule is CC[C@]1(C)NC(=O)[C@H](CCC=CCC(=O)[C@@H](C)O[Si](c2ccccc2)(c2ccccc2)C(C)(C)C)NC(=O)[C@H]2CCCN2C(=O)[C@H](Cc2ccc(OCc3ccccc3)cc2)NC1=O. The van der Waals surface area contributed by atoms with Crippen molar-refractivity contribution in [3.05, 3.63) is 139 Å². The summed E-state index contributed by atoms with van der Waals surface area (Å²) in [5, 5.41) is 10.7. The lowest BCUT2D eigenvalue weighted by Gasteiger charge is -2.44. The minimum absolute atomic E-state index is 0.0693. The number of carbonyl (C=O) groups is 5. The van der Waals surface area contributed by atoms with Crippen LogP contribution in [0, 0.1) is 0 Å². The quantitative estimate of drug-likeness (QED) is 0.0883. The molecule has 11 nitrogen and oxygen atoms in total. The summed E-state index contributed by atoms with van der Waals surface area (Å²) < 4.78 is 13.0. The van der Waals surface area contributed by atoms with Crippen LogP contribution in [0.5, 0.6) is 5.75 Å². The summed E-state index contributed by atoms with van der Waals surface area (Å²) >= 11 is 0. The summed E-state index contributed by atoms with van der Waals surface area (Å²) in [4.78, 5) is 71.6. The maximum absolute atomic E-state index is 14.3. The van der Waals surface area contributed by atoms with Crippen LogP contribution in [0.15, 0.2) is 127 Å². The fourth-order valence-corrected chi connectivity index (χ4v) is 13.4. The smallest absolute Gasteiger partial charge is 0.262 e. The maximum atomic E-state index is 14.3. The minimum Gasteiger partial charge on any atom is -0.489 e. The van der Waals surface area contributed by atoms with E-state index in [0.717, 1.165) is 21.5 Å². The van der Waals surface area contributed by atoms with Crippen LogP contribution in [0.4, 0.5) is 0 Å². The number of ether oxygens (including phenoxy) is 1. The molecule has 2 aliphatic rings.